The van der Waals surface area contributed by atoms with Crippen LogP contribution in [0.5, 0.6) is 0 Å². The van der Waals surface area contributed by atoms with Crippen LogP contribution in [0.25, 0.3) is 0 Å². The van der Waals surface area contributed by atoms with Gasteiger partial charge in [-0.3, -0.25) is 0 Å². The third kappa shape index (κ3) is 1.56. The number of nitrogens with zero attached hydrogens (tertiary/aromatic N) is 1. The van der Waals surface area contributed by atoms with E-state index in [1.807, 2.05) is 29.0 Å². The van der Waals surface area contributed by atoms with Gasteiger partial charge in [-0.25, -0.2) is 0 Å². The second kappa shape index (κ2) is 3.26. The van der Waals surface area contributed by atoms with E-state index in [4.69, 9.17) is 0 Å². The summed E-state index contributed by atoms with van der Waals surface area (Å²) < 4.78 is 1.98. The van der Waals surface area contributed by atoms with Gasteiger partial charge in [0.05, 0.1) is 6.20 Å². The van der Waals surface area contributed by atoms with E-state index in [9.17, 15) is 0 Å². The summed E-state index contributed by atoms with van der Waals surface area (Å²) in [5.41, 5.74) is 1.29. The fourth-order valence-corrected chi connectivity index (χ4v) is 1.16. The highest BCUT2D eigenvalue weighted by atomic mass is 14.9. The first-order chi connectivity index (χ1) is 5.95. The summed E-state index contributed by atoms with van der Waals surface area (Å²) in [7, 11) is 0. The Labute approximate surface area is 72.3 Å². The maximum Gasteiger partial charge on any atom is 0.0657 e. The van der Waals surface area contributed by atoms with E-state index >= 15 is 0 Å². The van der Waals surface area contributed by atoms with Crippen LogP contribution in [-0.2, 0) is 6.54 Å². The van der Waals surface area contributed by atoms with Crippen LogP contribution >= 0.6 is 0 Å². The minimum absolute atomic E-state index is 0.879. The topological polar surface area (TPSA) is 4.93 Å². The highest BCUT2D eigenvalue weighted by Gasteiger charge is 1.91. The van der Waals surface area contributed by atoms with Gasteiger partial charge in [0.25, 0.3) is 0 Å². The number of benzene rings is 1. The summed E-state index contributed by atoms with van der Waals surface area (Å²) in [6, 6.07) is 15.1. The first-order valence-corrected chi connectivity index (χ1v) is 3.93. The molecule has 1 aromatic carbocycles. The van der Waals surface area contributed by atoms with E-state index in [1.165, 1.54) is 5.56 Å². The van der Waals surface area contributed by atoms with Crippen molar-refractivity contribution >= 4 is 0 Å². The smallest absolute Gasteiger partial charge is 0.0657 e. The third-order valence-corrected chi connectivity index (χ3v) is 1.74. The van der Waals surface area contributed by atoms with Crippen LogP contribution in [0, 0.1) is 12.3 Å². The van der Waals surface area contributed by atoms with Gasteiger partial charge in [-0.1, -0.05) is 30.3 Å². The maximum absolute atomic E-state index is 3.05. The van der Waals surface area contributed by atoms with Crippen molar-refractivity contribution in [3.63, 3.8) is 0 Å². The first-order valence-electron chi connectivity index (χ1n) is 3.93. The average Bonchev–Trinajstić information content (AvgIpc) is 2.59. The van der Waals surface area contributed by atoms with Crippen molar-refractivity contribution in [3.05, 3.63) is 60.4 Å². The molecular formula is C11H9N. The predicted octanol–water partition coefficient (Wildman–Crippen LogP) is 2.14. The van der Waals surface area contributed by atoms with Gasteiger partial charge in [0.2, 0.25) is 0 Å². The number of aromatic nitrogens is 1. The Morgan fingerprint density at radius 3 is 2.67 bits per heavy atom. The minimum atomic E-state index is 0.879. The standard InChI is InChI=1S/C11H9N/c1-2-6-11(7-3-1)10-12-8-4-5-9-12/h1-4,6-7,9H,10H2. The summed E-state index contributed by atoms with van der Waals surface area (Å²) in [6.07, 6.45) is 4.94. The van der Waals surface area contributed by atoms with E-state index in [0.29, 0.717) is 0 Å². The molecule has 1 heteroatoms. The zero-order valence-corrected chi connectivity index (χ0v) is 6.70. The fraction of sp³-hybridized carbons (Fsp3) is 0.0909. The van der Waals surface area contributed by atoms with Crippen LogP contribution in [0.4, 0.5) is 0 Å². The van der Waals surface area contributed by atoms with Gasteiger partial charge in [0.1, 0.15) is 0 Å². The van der Waals surface area contributed by atoms with E-state index in [2.05, 4.69) is 24.4 Å². The Bertz CT molecular complexity index is 321. The molecular weight excluding hydrogens is 146 g/mol. The molecule has 0 aliphatic heterocycles. The molecule has 2 rings (SSSR count). The van der Waals surface area contributed by atoms with Gasteiger partial charge in [-0.05, 0) is 11.6 Å². The number of hydrogen-bond acceptors (Lipinski definition) is 0. The van der Waals surface area contributed by atoms with Crippen molar-refractivity contribution in [2.75, 3.05) is 0 Å². The molecule has 2 radical (unpaired) electrons. The van der Waals surface area contributed by atoms with E-state index in [0.717, 1.165) is 6.54 Å². The van der Waals surface area contributed by atoms with Crippen molar-refractivity contribution in [3.8, 4) is 0 Å². The van der Waals surface area contributed by atoms with Crippen LogP contribution in [-0.4, -0.2) is 4.57 Å². The second-order valence-corrected chi connectivity index (χ2v) is 2.68. The minimum Gasteiger partial charge on any atom is -0.341 e. The summed E-state index contributed by atoms with van der Waals surface area (Å²) in [5, 5.41) is 0. The van der Waals surface area contributed by atoms with Crippen LogP contribution in [0.2, 0.25) is 0 Å². The summed E-state index contributed by atoms with van der Waals surface area (Å²) in [5.74, 6) is 0. The quantitative estimate of drug-likeness (QED) is 0.626. The van der Waals surface area contributed by atoms with Gasteiger partial charge in [0, 0.05) is 18.8 Å². The van der Waals surface area contributed by atoms with Crippen LogP contribution in [0.3, 0.4) is 0 Å². The molecule has 0 spiro atoms. The predicted molar refractivity (Wildman–Crippen MR) is 47.6 cm³/mol. The Kier molecular flexibility index (Phi) is 1.95. The highest BCUT2D eigenvalue weighted by Crippen LogP contribution is 2.01. The van der Waals surface area contributed by atoms with Crippen molar-refractivity contribution in [1.29, 1.82) is 0 Å². The molecule has 12 heavy (non-hydrogen) atoms. The molecule has 0 aliphatic rings. The van der Waals surface area contributed by atoms with E-state index in [-0.39, 0.29) is 0 Å². The van der Waals surface area contributed by atoms with E-state index in [1.54, 1.807) is 6.07 Å². The molecule has 0 unspecified atom stereocenters. The highest BCUT2D eigenvalue weighted by molar-refractivity contribution is 5.15. The van der Waals surface area contributed by atoms with Gasteiger partial charge in [0.15, 0.2) is 0 Å². The molecule has 0 saturated carbocycles. The lowest BCUT2D eigenvalue weighted by molar-refractivity contribution is 0.799. The van der Waals surface area contributed by atoms with Gasteiger partial charge in [-0.2, -0.15) is 0 Å². The molecule has 0 aliphatic carbocycles. The van der Waals surface area contributed by atoms with Gasteiger partial charge >= 0.3 is 0 Å². The van der Waals surface area contributed by atoms with Gasteiger partial charge < -0.3 is 4.57 Å². The second-order valence-electron chi connectivity index (χ2n) is 2.68. The average molecular weight is 155 g/mol. The lowest BCUT2D eigenvalue weighted by Gasteiger charge is -2.00. The molecule has 1 aromatic heterocycles. The number of rotatable bonds is 2. The maximum atomic E-state index is 3.05. The fourth-order valence-electron chi connectivity index (χ4n) is 1.16. The van der Waals surface area contributed by atoms with Crippen LogP contribution in [0.1, 0.15) is 5.56 Å². The molecule has 0 fully saturated rings. The first kappa shape index (κ1) is 7.17. The summed E-state index contributed by atoms with van der Waals surface area (Å²) in [4.78, 5) is 0. The molecule has 0 atom stereocenters. The van der Waals surface area contributed by atoms with Gasteiger partial charge in [-0.15, -0.1) is 0 Å². The molecule has 0 saturated heterocycles. The van der Waals surface area contributed by atoms with Crippen molar-refractivity contribution < 1.29 is 0 Å². The SMILES string of the molecule is [c]1c[c]n(Cc2ccccc2)c1. The van der Waals surface area contributed by atoms with Crippen molar-refractivity contribution in [2.24, 2.45) is 0 Å². The van der Waals surface area contributed by atoms with Crippen LogP contribution < -0.4 is 0 Å². The summed E-state index contributed by atoms with van der Waals surface area (Å²) >= 11 is 0. The largest absolute Gasteiger partial charge is 0.341 e. The molecule has 2 aromatic rings. The normalized spacial score (nSPS) is 10.0. The molecule has 0 amide bonds. The van der Waals surface area contributed by atoms with Crippen molar-refractivity contribution in [2.45, 2.75) is 6.54 Å². The zero-order valence-electron chi connectivity index (χ0n) is 6.70. The lowest BCUT2D eigenvalue weighted by atomic mass is 10.2. The Hall–Kier alpha value is -1.50. The summed E-state index contributed by atoms with van der Waals surface area (Å²) in [6.45, 7) is 0.879. The van der Waals surface area contributed by atoms with Crippen molar-refractivity contribution in [1.82, 2.24) is 4.57 Å². The van der Waals surface area contributed by atoms with Crippen LogP contribution in [0.15, 0.2) is 42.6 Å². The Balaban J connectivity index is 2.15. The molecule has 0 N–H and O–H groups in total. The molecule has 58 valence electrons. The third-order valence-electron chi connectivity index (χ3n) is 1.74. The lowest BCUT2D eigenvalue weighted by Crippen LogP contribution is -1.95. The van der Waals surface area contributed by atoms with E-state index < -0.39 is 0 Å². The molecule has 0 bridgehead atoms. The monoisotopic (exact) mass is 155 g/mol. The Morgan fingerprint density at radius 1 is 1.17 bits per heavy atom. The Morgan fingerprint density at radius 2 is 2.00 bits per heavy atom. The number of hydrogen-bond donors (Lipinski definition) is 0. The molecule has 1 heterocycles. The molecule has 1 nitrogen and oxygen atoms in total. The zero-order chi connectivity index (χ0) is 8.23.